The smallest absolute Gasteiger partial charge is 0.225 e. The van der Waals surface area contributed by atoms with Crippen molar-refractivity contribution < 1.29 is 14.1 Å². The molecule has 3 heterocycles. The van der Waals surface area contributed by atoms with Gasteiger partial charge in [0.2, 0.25) is 11.8 Å². The fourth-order valence-electron chi connectivity index (χ4n) is 3.83. The van der Waals surface area contributed by atoms with E-state index in [-0.39, 0.29) is 17.9 Å². The van der Waals surface area contributed by atoms with Gasteiger partial charge in [0, 0.05) is 25.9 Å². The number of rotatable bonds is 3. The Morgan fingerprint density at radius 3 is 3.08 bits per heavy atom. The summed E-state index contributed by atoms with van der Waals surface area (Å²) in [5, 5.41) is 4.03. The lowest BCUT2D eigenvalue weighted by Gasteiger charge is -2.33. The van der Waals surface area contributed by atoms with Crippen LogP contribution in [-0.4, -0.2) is 40.6 Å². The Kier molecular flexibility index (Phi) is 4.53. The fourth-order valence-corrected chi connectivity index (χ4v) is 3.83. The van der Waals surface area contributed by atoms with Gasteiger partial charge in [0.15, 0.2) is 5.82 Å². The molecule has 2 aromatic rings. The SMILES string of the molecule is Cc1nc([C@H]2CCCN(C(=O)C[C@H]3OCCc4ccccc43)C2)no1. The predicted molar refractivity (Wildman–Crippen MR) is 91.0 cm³/mol. The first kappa shape index (κ1) is 16.3. The molecule has 6 nitrogen and oxygen atoms in total. The van der Waals surface area contributed by atoms with Crippen LogP contribution in [0.2, 0.25) is 0 Å². The van der Waals surface area contributed by atoms with Gasteiger partial charge in [-0.2, -0.15) is 4.98 Å². The first-order valence-corrected chi connectivity index (χ1v) is 8.98. The zero-order valence-corrected chi connectivity index (χ0v) is 14.5. The first-order chi connectivity index (χ1) is 12.2. The summed E-state index contributed by atoms with van der Waals surface area (Å²) in [4.78, 5) is 19.1. The minimum atomic E-state index is -0.134. The van der Waals surface area contributed by atoms with Crippen LogP contribution in [0.4, 0.5) is 0 Å². The van der Waals surface area contributed by atoms with Gasteiger partial charge in [0.05, 0.1) is 19.1 Å². The van der Waals surface area contributed by atoms with E-state index in [9.17, 15) is 4.79 Å². The van der Waals surface area contributed by atoms with Crippen molar-refractivity contribution in [2.24, 2.45) is 0 Å². The van der Waals surface area contributed by atoms with E-state index < -0.39 is 0 Å². The number of hydrogen-bond donors (Lipinski definition) is 0. The quantitative estimate of drug-likeness (QED) is 0.859. The normalized spacial score (nSPS) is 23.3. The molecule has 2 aliphatic rings. The van der Waals surface area contributed by atoms with Crippen LogP contribution in [0.5, 0.6) is 0 Å². The summed E-state index contributed by atoms with van der Waals surface area (Å²) in [7, 11) is 0. The van der Waals surface area contributed by atoms with Crippen molar-refractivity contribution in [3.63, 3.8) is 0 Å². The van der Waals surface area contributed by atoms with Gasteiger partial charge < -0.3 is 14.2 Å². The average Bonchev–Trinajstić information content (AvgIpc) is 3.09. The second-order valence-electron chi connectivity index (χ2n) is 6.86. The summed E-state index contributed by atoms with van der Waals surface area (Å²) in [6, 6.07) is 8.27. The Hall–Kier alpha value is -2.21. The summed E-state index contributed by atoms with van der Waals surface area (Å²) < 4.78 is 11.0. The third-order valence-corrected chi connectivity index (χ3v) is 5.13. The van der Waals surface area contributed by atoms with Crippen molar-refractivity contribution in [3.8, 4) is 0 Å². The topological polar surface area (TPSA) is 68.5 Å². The van der Waals surface area contributed by atoms with Crippen molar-refractivity contribution in [3.05, 3.63) is 47.1 Å². The van der Waals surface area contributed by atoms with E-state index in [1.807, 2.05) is 17.0 Å². The molecule has 4 rings (SSSR count). The molecule has 0 spiro atoms. The lowest BCUT2D eigenvalue weighted by atomic mass is 9.94. The third-order valence-electron chi connectivity index (χ3n) is 5.13. The maximum atomic E-state index is 12.8. The Balaban J connectivity index is 1.43. The van der Waals surface area contributed by atoms with Gasteiger partial charge in [0.1, 0.15) is 0 Å². The Bertz CT molecular complexity index is 758. The van der Waals surface area contributed by atoms with Crippen molar-refractivity contribution >= 4 is 5.91 Å². The summed E-state index contributed by atoms with van der Waals surface area (Å²) in [5.74, 6) is 1.60. The molecule has 25 heavy (non-hydrogen) atoms. The van der Waals surface area contributed by atoms with Crippen molar-refractivity contribution in [2.75, 3.05) is 19.7 Å². The number of likely N-dealkylation sites (tertiary alicyclic amines) is 1. The van der Waals surface area contributed by atoms with E-state index in [1.165, 1.54) is 5.56 Å². The number of aryl methyl sites for hydroxylation is 1. The number of hydrogen-bond acceptors (Lipinski definition) is 5. The minimum absolute atomic E-state index is 0.134. The van der Waals surface area contributed by atoms with Gasteiger partial charge in [-0.15, -0.1) is 0 Å². The monoisotopic (exact) mass is 341 g/mol. The van der Waals surface area contributed by atoms with E-state index in [0.717, 1.165) is 31.4 Å². The Labute approximate surface area is 147 Å². The highest BCUT2D eigenvalue weighted by Crippen LogP contribution is 2.31. The van der Waals surface area contributed by atoms with Gasteiger partial charge in [-0.25, -0.2) is 0 Å². The minimum Gasteiger partial charge on any atom is -0.373 e. The van der Waals surface area contributed by atoms with Crippen LogP contribution in [0.1, 0.15) is 54.1 Å². The molecule has 0 N–H and O–H groups in total. The van der Waals surface area contributed by atoms with E-state index in [2.05, 4.69) is 22.3 Å². The molecule has 0 bridgehead atoms. The molecule has 2 atom stereocenters. The zero-order chi connectivity index (χ0) is 17.2. The van der Waals surface area contributed by atoms with Crippen molar-refractivity contribution in [1.82, 2.24) is 15.0 Å². The van der Waals surface area contributed by atoms with E-state index in [1.54, 1.807) is 6.92 Å². The predicted octanol–water partition coefficient (Wildman–Crippen LogP) is 2.79. The summed E-state index contributed by atoms with van der Waals surface area (Å²) in [6.45, 7) is 3.92. The maximum absolute atomic E-state index is 12.8. The number of aromatic nitrogens is 2. The van der Waals surface area contributed by atoms with Crippen molar-refractivity contribution in [2.45, 2.75) is 44.6 Å². The molecule has 1 saturated heterocycles. The number of piperidine rings is 1. The molecule has 0 saturated carbocycles. The summed E-state index contributed by atoms with van der Waals surface area (Å²) >= 11 is 0. The number of ether oxygens (including phenoxy) is 1. The molecular formula is C19H23N3O3. The maximum Gasteiger partial charge on any atom is 0.225 e. The number of benzene rings is 1. The molecule has 2 aliphatic heterocycles. The molecule has 6 heteroatoms. The Morgan fingerprint density at radius 2 is 2.24 bits per heavy atom. The summed E-state index contributed by atoms with van der Waals surface area (Å²) in [5.41, 5.74) is 2.45. The number of nitrogens with zero attached hydrogens (tertiary/aromatic N) is 3. The van der Waals surface area contributed by atoms with Gasteiger partial charge in [-0.3, -0.25) is 4.79 Å². The molecule has 0 aliphatic carbocycles. The molecule has 1 amide bonds. The van der Waals surface area contributed by atoms with Crippen LogP contribution in [0.3, 0.4) is 0 Å². The van der Waals surface area contributed by atoms with Crippen LogP contribution >= 0.6 is 0 Å². The van der Waals surface area contributed by atoms with Crippen molar-refractivity contribution in [1.29, 1.82) is 0 Å². The van der Waals surface area contributed by atoms with E-state index in [4.69, 9.17) is 9.26 Å². The van der Waals surface area contributed by atoms with Gasteiger partial charge in [-0.1, -0.05) is 29.4 Å². The number of carbonyl (C=O) groups excluding carboxylic acids is 1. The molecule has 132 valence electrons. The van der Waals surface area contributed by atoms with Crippen LogP contribution in [0, 0.1) is 6.92 Å². The highest BCUT2D eigenvalue weighted by atomic mass is 16.5. The third kappa shape index (κ3) is 3.44. The van der Waals surface area contributed by atoms with E-state index >= 15 is 0 Å². The first-order valence-electron chi connectivity index (χ1n) is 8.98. The lowest BCUT2D eigenvalue weighted by Crippen LogP contribution is -2.40. The standard InChI is InChI=1S/C19H23N3O3/c1-13-20-19(21-25-13)15-6-4-9-22(12-15)18(23)11-17-16-7-3-2-5-14(16)8-10-24-17/h2-3,5,7,15,17H,4,6,8-12H2,1H3/t15-,17+/m0/s1. The molecule has 0 unspecified atom stereocenters. The van der Waals surface area contributed by atoms with Crippen LogP contribution in [0.25, 0.3) is 0 Å². The van der Waals surface area contributed by atoms with Crippen LogP contribution < -0.4 is 0 Å². The Morgan fingerprint density at radius 1 is 1.36 bits per heavy atom. The van der Waals surface area contributed by atoms with Gasteiger partial charge in [-0.05, 0) is 30.4 Å². The van der Waals surface area contributed by atoms with Gasteiger partial charge in [0.25, 0.3) is 0 Å². The second kappa shape index (κ2) is 6.96. The van der Waals surface area contributed by atoms with Gasteiger partial charge >= 0.3 is 0 Å². The fraction of sp³-hybridized carbons (Fsp3) is 0.526. The highest BCUT2D eigenvalue weighted by Gasteiger charge is 2.30. The van der Waals surface area contributed by atoms with E-state index in [0.29, 0.717) is 31.3 Å². The van der Waals surface area contributed by atoms with Crippen LogP contribution in [-0.2, 0) is 16.0 Å². The highest BCUT2D eigenvalue weighted by molar-refractivity contribution is 5.77. The van der Waals surface area contributed by atoms with Crippen LogP contribution in [0.15, 0.2) is 28.8 Å². The molecule has 1 aromatic heterocycles. The number of carbonyl (C=O) groups is 1. The largest absolute Gasteiger partial charge is 0.373 e. The molecule has 1 fully saturated rings. The number of fused-ring (bicyclic) bond motifs is 1. The zero-order valence-electron chi connectivity index (χ0n) is 14.5. The second-order valence-corrected chi connectivity index (χ2v) is 6.86. The molecule has 0 radical (unpaired) electrons. The number of amides is 1. The summed E-state index contributed by atoms with van der Waals surface area (Å²) in [6.07, 6.45) is 3.14. The molecule has 1 aromatic carbocycles. The molecular weight excluding hydrogens is 318 g/mol. The lowest BCUT2D eigenvalue weighted by molar-refractivity contribution is -0.136. The average molecular weight is 341 g/mol.